The second kappa shape index (κ2) is 5.36. The number of non-ortho nitro benzene ring substituents is 1. The Morgan fingerprint density at radius 3 is 2.47 bits per heavy atom. The van der Waals surface area contributed by atoms with Crippen LogP contribution in [0.2, 0.25) is 0 Å². The Kier molecular flexibility index (Phi) is 3.80. The van der Waals surface area contributed by atoms with Crippen molar-refractivity contribution in [1.29, 1.82) is 0 Å². The lowest BCUT2D eigenvalue weighted by molar-refractivity contribution is -0.384. The number of rotatable bonds is 5. The molecule has 19 heavy (non-hydrogen) atoms. The molecule has 1 atom stereocenters. The second-order valence-electron chi connectivity index (χ2n) is 4.91. The van der Waals surface area contributed by atoms with Crippen LogP contribution in [0.3, 0.4) is 0 Å². The van der Waals surface area contributed by atoms with Crippen molar-refractivity contribution in [1.82, 2.24) is 4.90 Å². The van der Waals surface area contributed by atoms with Gasteiger partial charge in [0.1, 0.15) is 0 Å². The monoisotopic (exact) mass is 263 g/mol. The predicted molar refractivity (Wildman–Crippen MR) is 70.3 cm³/mol. The maximum absolute atomic E-state index is 12.0. The zero-order valence-electron chi connectivity index (χ0n) is 10.8. The summed E-state index contributed by atoms with van der Waals surface area (Å²) in [5.41, 5.74) is 6.58. The summed E-state index contributed by atoms with van der Waals surface area (Å²) in [7, 11) is 0. The number of hydrogen-bond donors (Lipinski definition) is 1. The van der Waals surface area contributed by atoms with E-state index < -0.39 is 11.0 Å². The van der Waals surface area contributed by atoms with Crippen LogP contribution in [0.4, 0.5) is 5.69 Å². The first-order valence-electron chi connectivity index (χ1n) is 6.28. The summed E-state index contributed by atoms with van der Waals surface area (Å²) < 4.78 is 0. The van der Waals surface area contributed by atoms with Crippen LogP contribution in [0.1, 0.15) is 25.3 Å². The van der Waals surface area contributed by atoms with Crippen LogP contribution in [0.15, 0.2) is 24.3 Å². The zero-order chi connectivity index (χ0) is 14.0. The molecule has 1 fully saturated rings. The normalized spacial score (nSPS) is 15.9. The number of benzene rings is 1. The number of amides is 1. The number of hydrogen-bond acceptors (Lipinski definition) is 4. The highest BCUT2D eigenvalue weighted by atomic mass is 16.6. The molecule has 0 saturated heterocycles. The third-order valence-electron chi connectivity index (χ3n) is 3.16. The summed E-state index contributed by atoms with van der Waals surface area (Å²) in [5, 5.41) is 10.6. The van der Waals surface area contributed by atoms with Gasteiger partial charge in [0.25, 0.3) is 5.69 Å². The molecular weight excluding hydrogens is 246 g/mol. The minimum atomic E-state index is -0.515. The Balaban J connectivity index is 2.09. The van der Waals surface area contributed by atoms with Gasteiger partial charge in [0, 0.05) is 24.7 Å². The first-order chi connectivity index (χ1) is 8.99. The molecule has 102 valence electrons. The van der Waals surface area contributed by atoms with Crippen LogP contribution in [0, 0.1) is 10.1 Å². The van der Waals surface area contributed by atoms with Crippen molar-refractivity contribution >= 4 is 11.6 Å². The summed E-state index contributed by atoms with van der Waals surface area (Å²) in [5.74, 6) is -0.0687. The van der Waals surface area contributed by atoms with Gasteiger partial charge in [-0.05, 0) is 25.3 Å². The molecule has 1 aromatic carbocycles. The van der Waals surface area contributed by atoms with Crippen LogP contribution in [0.5, 0.6) is 0 Å². The third-order valence-corrected chi connectivity index (χ3v) is 3.16. The molecule has 1 aliphatic carbocycles. The van der Waals surface area contributed by atoms with E-state index >= 15 is 0 Å². The van der Waals surface area contributed by atoms with Crippen LogP contribution < -0.4 is 5.73 Å². The summed E-state index contributed by atoms with van der Waals surface area (Å²) in [6, 6.07) is 6.03. The highest BCUT2D eigenvalue weighted by Gasteiger charge is 2.33. The maximum atomic E-state index is 12.0. The van der Waals surface area contributed by atoms with Crippen molar-refractivity contribution < 1.29 is 9.72 Å². The van der Waals surface area contributed by atoms with E-state index in [2.05, 4.69) is 0 Å². The molecule has 1 saturated carbocycles. The molecule has 0 aliphatic heterocycles. The van der Waals surface area contributed by atoms with Crippen LogP contribution in [-0.4, -0.2) is 27.8 Å². The topological polar surface area (TPSA) is 89.5 Å². The summed E-state index contributed by atoms with van der Waals surface area (Å²) in [6.45, 7) is 2.14. The fourth-order valence-corrected chi connectivity index (χ4v) is 1.95. The van der Waals surface area contributed by atoms with Crippen LogP contribution in [0.25, 0.3) is 0 Å². The Morgan fingerprint density at radius 2 is 2.05 bits per heavy atom. The molecular formula is C13H17N3O3. The Bertz CT molecular complexity index is 480. The molecule has 1 aromatic rings. The molecule has 1 amide bonds. The van der Waals surface area contributed by atoms with Crippen molar-refractivity contribution in [2.45, 2.75) is 38.4 Å². The molecule has 0 unspecified atom stereocenters. The van der Waals surface area contributed by atoms with E-state index in [0.29, 0.717) is 6.54 Å². The van der Waals surface area contributed by atoms with E-state index in [1.165, 1.54) is 12.1 Å². The highest BCUT2D eigenvalue weighted by molar-refractivity contribution is 5.81. The zero-order valence-corrected chi connectivity index (χ0v) is 10.8. The lowest BCUT2D eigenvalue weighted by Gasteiger charge is -2.24. The summed E-state index contributed by atoms with van der Waals surface area (Å²) in [4.78, 5) is 23.9. The van der Waals surface area contributed by atoms with E-state index in [4.69, 9.17) is 5.73 Å². The first kappa shape index (κ1) is 13.5. The highest BCUT2D eigenvalue weighted by Crippen LogP contribution is 2.29. The lowest BCUT2D eigenvalue weighted by Crippen LogP contribution is -2.42. The smallest absolute Gasteiger partial charge is 0.269 e. The number of nitrogens with two attached hydrogens (primary N) is 1. The van der Waals surface area contributed by atoms with Crippen LogP contribution in [-0.2, 0) is 11.3 Å². The minimum Gasteiger partial charge on any atom is -0.334 e. The van der Waals surface area contributed by atoms with Crippen molar-refractivity contribution in [3.8, 4) is 0 Å². The molecule has 0 spiro atoms. The Labute approximate surface area is 111 Å². The van der Waals surface area contributed by atoms with Gasteiger partial charge in [-0.3, -0.25) is 14.9 Å². The van der Waals surface area contributed by atoms with Crippen molar-refractivity contribution in [3.05, 3.63) is 39.9 Å². The first-order valence-corrected chi connectivity index (χ1v) is 6.28. The van der Waals surface area contributed by atoms with Gasteiger partial charge in [-0.2, -0.15) is 0 Å². The standard InChI is InChI=1S/C13H17N3O3/c1-9(14)13(17)15(11-6-7-11)8-10-2-4-12(5-3-10)16(18)19/h2-5,9,11H,6-8,14H2,1H3/t9-/m1/s1. The molecule has 0 bridgehead atoms. The lowest BCUT2D eigenvalue weighted by atomic mass is 10.1. The fraction of sp³-hybridized carbons (Fsp3) is 0.462. The van der Waals surface area contributed by atoms with E-state index in [0.717, 1.165) is 18.4 Å². The minimum absolute atomic E-state index is 0.0558. The maximum Gasteiger partial charge on any atom is 0.269 e. The second-order valence-corrected chi connectivity index (χ2v) is 4.91. The molecule has 6 nitrogen and oxygen atoms in total. The largest absolute Gasteiger partial charge is 0.334 e. The Morgan fingerprint density at radius 1 is 1.47 bits per heavy atom. The molecule has 0 aromatic heterocycles. The number of carbonyl (C=O) groups excluding carboxylic acids is 1. The third kappa shape index (κ3) is 3.29. The van der Waals surface area contributed by atoms with Gasteiger partial charge in [-0.1, -0.05) is 12.1 Å². The fourth-order valence-electron chi connectivity index (χ4n) is 1.95. The SMILES string of the molecule is C[C@@H](N)C(=O)N(Cc1ccc([N+](=O)[O-])cc1)C1CC1. The van der Waals surface area contributed by atoms with Gasteiger partial charge < -0.3 is 10.6 Å². The van der Waals surface area contributed by atoms with E-state index in [9.17, 15) is 14.9 Å². The molecule has 2 N–H and O–H groups in total. The average Bonchev–Trinajstić information content (AvgIpc) is 3.19. The number of nitro groups is 1. The van der Waals surface area contributed by atoms with Gasteiger partial charge in [-0.15, -0.1) is 0 Å². The molecule has 1 aliphatic rings. The van der Waals surface area contributed by atoms with Crippen molar-refractivity contribution in [2.24, 2.45) is 5.73 Å². The average molecular weight is 263 g/mol. The van der Waals surface area contributed by atoms with Crippen molar-refractivity contribution in [3.63, 3.8) is 0 Å². The van der Waals surface area contributed by atoms with Crippen molar-refractivity contribution in [2.75, 3.05) is 0 Å². The predicted octanol–water partition coefficient (Wildman–Crippen LogP) is 1.43. The van der Waals surface area contributed by atoms with Gasteiger partial charge in [0.2, 0.25) is 5.91 Å². The molecule has 0 radical (unpaired) electrons. The number of nitro benzene ring substituents is 1. The molecule has 6 heteroatoms. The number of nitrogens with zero attached hydrogens (tertiary/aromatic N) is 2. The number of carbonyl (C=O) groups is 1. The molecule has 2 rings (SSSR count). The van der Waals surface area contributed by atoms with Gasteiger partial charge in [0.05, 0.1) is 11.0 Å². The van der Waals surface area contributed by atoms with E-state index in [1.54, 1.807) is 24.0 Å². The van der Waals surface area contributed by atoms with Gasteiger partial charge >= 0.3 is 0 Å². The van der Waals surface area contributed by atoms with Gasteiger partial charge in [-0.25, -0.2) is 0 Å². The quantitative estimate of drug-likeness (QED) is 0.642. The summed E-state index contributed by atoms with van der Waals surface area (Å²) >= 11 is 0. The Hall–Kier alpha value is -1.95. The van der Waals surface area contributed by atoms with Gasteiger partial charge in [0.15, 0.2) is 0 Å². The van der Waals surface area contributed by atoms with Crippen LogP contribution >= 0.6 is 0 Å². The van der Waals surface area contributed by atoms with E-state index in [-0.39, 0.29) is 17.6 Å². The van der Waals surface area contributed by atoms with E-state index in [1.807, 2.05) is 0 Å². The summed E-state index contributed by atoms with van der Waals surface area (Å²) in [6.07, 6.45) is 2.01. The molecule has 0 heterocycles.